The first kappa shape index (κ1) is 16.3. The molecule has 0 aromatic carbocycles. The number of carbonyl (C=O) groups excluding carboxylic acids is 1. The summed E-state index contributed by atoms with van der Waals surface area (Å²) in [6, 6.07) is -0.390. The largest absolute Gasteiger partial charge is 0.389 e. The van der Waals surface area contributed by atoms with Crippen LogP contribution in [0, 0.1) is 10.8 Å². The van der Waals surface area contributed by atoms with E-state index in [2.05, 4.69) is 31.4 Å². The average Bonchev–Trinajstić information content (AvgIpc) is 2.93. The number of aliphatic imine (C=N–C) groups is 1. The Balaban J connectivity index is 1.98. The Morgan fingerprint density at radius 1 is 1.39 bits per heavy atom. The van der Waals surface area contributed by atoms with Gasteiger partial charge in [-0.25, -0.2) is 9.79 Å². The van der Waals surface area contributed by atoms with Gasteiger partial charge in [-0.1, -0.05) is 27.2 Å². The van der Waals surface area contributed by atoms with Crippen LogP contribution in [0.3, 0.4) is 0 Å². The predicted molar refractivity (Wildman–Crippen MR) is 87.0 cm³/mol. The molecule has 0 saturated heterocycles. The van der Waals surface area contributed by atoms with Gasteiger partial charge in [-0.15, -0.1) is 0 Å². The number of amides is 1. The lowest BCUT2D eigenvalue weighted by atomic mass is 10.0. The van der Waals surface area contributed by atoms with Crippen LogP contribution in [0.25, 0.3) is 0 Å². The summed E-state index contributed by atoms with van der Waals surface area (Å²) in [5, 5.41) is 6.29. The summed E-state index contributed by atoms with van der Waals surface area (Å²) in [6.45, 7) is 7.94. The predicted octanol–water partition coefficient (Wildman–Crippen LogP) is 1.42. The van der Waals surface area contributed by atoms with Crippen molar-refractivity contribution in [2.24, 2.45) is 10.9 Å². The zero-order valence-electron chi connectivity index (χ0n) is 14.3. The first-order valence-corrected chi connectivity index (χ1v) is 8.69. The fraction of sp³-hybridized carbons (Fsp3) is 0.750. The van der Waals surface area contributed by atoms with Crippen LogP contribution in [0.5, 0.6) is 0 Å². The van der Waals surface area contributed by atoms with E-state index in [0.29, 0.717) is 43.8 Å². The van der Waals surface area contributed by atoms with Gasteiger partial charge in [0.1, 0.15) is 13.2 Å². The molecule has 23 heavy (non-hydrogen) atoms. The minimum absolute atomic E-state index is 0.0593. The molecule has 2 unspecified atom stereocenters. The number of quaternary nitrogens is 1. The zero-order chi connectivity index (χ0) is 16.6. The fourth-order valence-electron chi connectivity index (χ4n) is 3.69. The SMILES string of the molecule is CCCCC[N+]12C(=O)C(CC(C)C)N=C1C1=C(NCNC1)[N+]2=O. The summed E-state index contributed by atoms with van der Waals surface area (Å²) in [5.74, 6) is 1.51. The molecule has 7 nitrogen and oxygen atoms in total. The molecule has 3 aliphatic heterocycles. The highest BCUT2D eigenvalue weighted by Crippen LogP contribution is 2.37. The van der Waals surface area contributed by atoms with Gasteiger partial charge in [0.25, 0.3) is 5.84 Å². The van der Waals surface area contributed by atoms with Gasteiger partial charge in [-0.05, 0) is 28.3 Å². The van der Waals surface area contributed by atoms with Gasteiger partial charge in [-0.2, -0.15) is 0 Å². The van der Waals surface area contributed by atoms with Crippen molar-refractivity contribution in [1.82, 2.24) is 10.6 Å². The van der Waals surface area contributed by atoms with E-state index in [4.69, 9.17) is 4.99 Å². The molecule has 126 valence electrons. The highest BCUT2D eigenvalue weighted by Gasteiger charge is 2.68. The number of nitroso groups, excluding NO2 is 1. The maximum atomic E-state index is 13.1. The molecule has 0 spiro atoms. The Morgan fingerprint density at radius 2 is 2.17 bits per heavy atom. The molecule has 0 aliphatic carbocycles. The number of hydrogen-bond donors (Lipinski definition) is 2. The Kier molecular flexibility index (Phi) is 4.33. The molecule has 0 radical (unpaired) electrons. The summed E-state index contributed by atoms with van der Waals surface area (Å²) in [7, 11) is 0. The highest BCUT2D eigenvalue weighted by molar-refractivity contribution is 6.05. The van der Waals surface area contributed by atoms with Crippen LogP contribution in [-0.2, 0) is 4.79 Å². The van der Waals surface area contributed by atoms with Crippen molar-refractivity contribution in [2.45, 2.75) is 52.5 Å². The summed E-state index contributed by atoms with van der Waals surface area (Å²) in [6.07, 6.45) is 3.62. The van der Waals surface area contributed by atoms with Crippen LogP contribution < -0.4 is 10.6 Å². The highest BCUT2D eigenvalue weighted by atomic mass is 16.4. The average molecular weight is 321 g/mol. The van der Waals surface area contributed by atoms with Crippen molar-refractivity contribution in [1.29, 1.82) is 0 Å². The number of hydrogen-bond acceptors (Lipinski definition) is 5. The van der Waals surface area contributed by atoms with E-state index in [0.717, 1.165) is 29.7 Å². The third-order valence-electron chi connectivity index (χ3n) is 4.80. The zero-order valence-corrected chi connectivity index (χ0v) is 14.3. The monoisotopic (exact) mass is 321 g/mol. The van der Waals surface area contributed by atoms with Crippen LogP contribution in [0.4, 0.5) is 0 Å². The van der Waals surface area contributed by atoms with E-state index >= 15 is 0 Å². The number of fused-ring (bicyclic) bond motifs is 2. The van der Waals surface area contributed by atoms with Gasteiger partial charge in [0.2, 0.25) is 0 Å². The molecule has 0 fully saturated rings. The molecule has 3 aliphatic rings. The van der Waals surface area contributed by atoms with Crippen molar-refractivity contribution in [2.75, 3.05) is 19.8 Å². The standard InChI is InChI=1S/C16H27N5O2/c1-4-5-6-7-21-15(19-13(16(21)22)8-11(2)3)12-9-17-10-18-14(12)20(21)23/h11,13,17-18H,4-10H2,1-3H3/q+2. The molecule has 0 bridgehead atoms. The third-order valence-corrected chi connectivity index (χ3v) is 4.80. The Bertz CT molecular complexity index is 595. The smallest absolute Gasteiger partial charge is 0.277 e. The molecular weight excluding hydrogens is 294 g/mol. The van der Waals surface area contributed by atoms with Crippen molar-refractivity contribution < 1.29 is 14.3 Å². The van der Waals surface area contributed by atoms with E-state index in [9.17, 15) is 9.70 Å². The minimum atomic E-state index is -0.390. The second kappa shape index (κ2) is 6.13. The Hall–Kier alpha value is -1.60. The van der Waals surface area contributed by atoms with E-state index in [1.165, 1.54) is 0 Å². The topological polar surface area (TPSA) is 73.6 Å². The second-order valence-electron chi connectivity index (χ2n) is 7.02. The maximum absolute atomic E-state index is 13.1. The number of unbranched alkanes of at least 4 members (excludes halogenated alkanes) is 2. The molecule has 0 aromatic heterocycles. The number of nitrogens with one attached hydrogen (secondary N) is 2. The van der Waals surface area contributed by atoms with E-state index < -0.39 is 0 Å². The van der Waals surface area contributed by atoms with Crippen molar-refractivity contribution in [3.8, 4) is 0 Å². The maximum Gasteiger partial charge on any atom is 0.389 e. The molecular formula is C16H27N5O2+2. The molecule has 2 atom stereocenters. The minimum Gasteiger partial charge on any atom is -0.277 e. The van der Waals surface area contributed by atoms with Crippen molar-refractivity contribution >= 4 is 11.7 Å². The van der Waals surface area contributed by atoms with Gasteiger partial charge < -0.3 is 0 Å². The molecule has 0 aromatic rings. The Morgan fingerprint density at radius 3 is 2.87 bits per heavy atom. The summed E-state index contributed by atoms with van der Waals surface area (Å²) < 4.78 is -0.253. The Labute approximate surface area is 137 Å². The summed E-state index contributed by atoms with van der Waals surface area (Å²) in [5.41, 5.74) is 0.863. The van der Waals surface area contributed by atoms with Crippen LogP contribution in [-0.4, -0.2) is 47.0 Å². The fourth-order valence-corrected chi connectivity index (χ4v) is 3.69. The van der Waals surface area contributed by atoms with Crippen LogP contribution >= 0.6 is 0 Å². The normalized spacial score (nSPS) is 29.7. The number of nitrogens with zero attached hydrogens (tertiary/aromatic N) is 3. The summed E-state index contributed by atoms with van der Waals surface area (Å²) in [4.78, 5) is 31.8. The lowest BCUT2D eigenvalue weighted by molar-refractivity contribution is -1.22. The summed E-state index contributed by atoms with van der Waals surface area (Å²) >= 11 is 0. The van der Waals surface area contributed by atoms with Gasteiger partial charge in [0.05, 0.1) is 0 Å². The number of rotatable bonds is 6. The van der Waals surface area contributed by atoms with Crippen LogP contribution in [0.1, 0.15) is 46.5 Å². The van der Waals surface area contributed by atoms with E-state index in [1.54, 1.807) is 0 Å². The molecule has 2 N–H and O–H groups in total. The quantitative estimate of drug-likeness (QED) is 0.441. The third kappa shape index (κ3) is 2.42. The number of carbonyl (C=O) groups is 1. The molecule has 0 saturated carbocycles. The van der Waals surface area contributed by atoms with E-state index in [-0.39, 0.29) is 16.5 Å². The second-order valence-corrected chi connectivity index (χ2v) is 7.02. The molecule has 1 amide bonds. The van der Waals surface area contributed by atoms with Gasteiger partial charge in [0, 0.05) is 13.0 Å². The van der Waals surface area contributed by atoms with Crippen LogP contribution in [0.15, 0.2) is 16.4 Å². The molecule has 3 heterocycles. The van der Waals surface area contributed by atoms with Crippen LogP contribution in [0.2, 0.25) is 0 Å². The van der Waals surface area contributed by atoms with Gasteiger partial charge in [-0.3, -0.25) is 10.6 Å². The van der Waals surface area contributed by atoms with Gasteiger partial charge >= 0.3 is 11.7 Å². The lowest BCUT2D eigenvalue weighted by Crippen LogP contribution is -2.58. The first-order chi connectivity index (χ1) is 11.0. The van der Waals surface area contributed by atoms with Crippen molar-refractivity contribution in [3.05, 3.63) is 16.3 Å². The molecule has 7 heteroatoms. The van der Waals surface area contributed by atoms with E-state index in [1.807, 2.05) is 0 Å². The lowest BCUT2D eigenvalue weighted by Gasteiger charge is -2.20. The van der Waals surface area contributed by atoms with Crippen molar-refractivity contribution in [3.63, 3.8) is 0 Å². The molecule has 3 rings (SSSR count). The number of amidine groups is 1. The van der Waals surface area contributed by atoms with Gasteiger partial charge in [0.15, 0.2) is 16.5 Å². The first-order valence-electron chi connectivity index (χ1n) is 8.69.